The highest BCUT2D eigenvalue weighted by atomic mass is 35.5. The van der Waals surface area contributed by atoms with Crippen LogP contribution in [-0.2, 0) is 6.54 Å². The number of hydrogen-bond acceptors (Lipinski definition) is 2. The van der Waals surface area contributed by atoms with Gasteiger partial charge in [-0.05, 0) is 45.4 Å². The van der Waals surface area contributed by atoms with Gasteiger partial charge in [0.15, 0.2) is 0 Å². The zero-order valence-corrected chi connectivity index (χ0v) is 12.3. The second-order valence-corrected chi connectivity index (χ2v) is 5.83. The van der Waals surface area contributed by atoms with Crippen LogP contribution in [0.3, 0.4) is 0 Å². The molecule has 0 heterocycles. The molecule has 0 aliphatic carbocycles. The molecule has 1 aromatic carbocycles. The van der Waals surface area contributed by atoms with Crippen LogP contribution in [0.5, 0.6) is 5.75 Å². The van der Waals surface area contributed by atoms with Crippen LogP contribution in [0.4, 0.5) is 0 Å². The minimum absolute atomic E-state index is 0.0407. The highest BCUT2D eigenvalue weighted by Gasteiger charge is 2.10. The molecule has 0 saturated heterocycles. The van der Waals surface area contributed by atoms with Gasteiger partial charge in [-0.15, -0.1) is 0 Å². The molecule has 1 aromatic rings. The molecule has 1 unspecified atom stereocenters. The van der Waals surface area contributed by atoms with E-state index in [0.29, 0.717) is 10.8 Å². The van der Waals surface area contributed by atoms with E-state index in [9.17, 15) is 0 Å². The van der Waals surface area contributed by atoms with E-state index < -0.39 is 0 Å². The molecule has 0 aliphatic rings. The highest BCUT2D eigenvalue weighted by molar-refractivity contribution is 6.32. The van der Waals surface area contributed by atoms with Crippen LogP contribution in [0.15, 0.2) is 30.9 Å². The maximum Gasteiger partial charge on any atom is 0.138 e. The van der Waals surface area contributed by atoms with E-state index in [1.807, 2.05) is 25.1 Å². The Kier molecular flexibility index (Phi) is 5.24. The second-order valence-electron chi connectivity index (χ2n) is 5.43. The monoisotopic (exact) mass is 267 g/mol. The van der Waals surface area contributed by atoms with Crippen LogP contribution < -0.4 is 10.1 Å². The van der Waals surface area contributed by atoms with Gasteiger partial charge in [-0.3, -0.25) is 0 Å². The summed E-state index contributed by atoms with van der Waals surface area (Å²) in [4.78, 5) is 0. The zero-order valence-electron chi connectivity index (χ0n) is 11.6. The fourth-order valence-electron chi connectivity index (χ4n) is 1.37. The molecule has 0 spiro atoms. The molecule has 0 fully saturated rings. The van der Waals surface area contributed by atoms with Crippen molar-refractivity contribution < 1.29 is 4.74 Å². The molecular weight excluding hydrogens is 246 g/mol. The van der Waals surface area contributed by atoms with Gasteiger partial charge in [-0.25, -0.2) is 0 Å². The molecule has 0 aliphatic heterocycles. The average Bonchev–Trinajstić information content (AvgIpc) is 2.28. The first-order chi connectivity index (χ1) is 8.31. The van der Waals surface area contributed by atoms with Crippen LogP contribution in [0.2, 0.25) is 5.02 Å². The number of halogens is 1. The molecule has 0 saturated carbocycles. The Labute approximate surface area is 115 Å². The van der Waals surface area contributed by atoms with E-state index >= 15 is 0 Å². The third-order valence-electron chi connectivity index (χ3n) is 2.46. The van der Waals surface area contributed by atoms with Crippen LogP contribution in [0.25, 0.3) is 0 Å². The summed E-state index contributed by atoms with van der Waals surface area (Å²) < 4.78 is 5.62. The van der Waals surface area contributed by atoms with Gasteiger partial charge in [-0.1, -0.05) is 30.3 Å². The molecule has 3 heteroatoms. The minimum atomic E-state index is -0.0407. The van der Waals surface area contributed by atoms with Crippen LogP contribution in [0, 0.1) is 0 Å². The van der Waals surface area contributed by atoms with Gasteiger partial charge in [0.25, 0.3) is 0 Å². The molecule has 1 atom stereocenters. The van der Waals surface area contributed by atoms with Crippen molar-refractivity contribution in [2.75, 3.05) is 0 Å². The molecule has 1 rings (SSSR count). The molecular formula is C15H22ClNO. The van der Waals surface area contributed by atoms with Gasteiger partial charge < -0.3 is 10.1 Å². The molecule has 100 valence electrons. The minimum Gasteiger partial charge on any atom is -0.485 e. The van der Waals surface area contributed by atoms with Crippen LogP contribution >= 0.6 is 11.6 Å². The first kappa shape index (κ1) is 15.1. The lowest BCUT2D eigenvalue weighted by Crippen LogP contribution is -2.35. The second kappa shape index (κ2) is 6.26. The largest absolute Gasteiger partial charge is 0.485 e. The van der Waals surface area contributed by atoms with Crippen LogP contribution in [0.1, 0.15) is 33.3 Å². The summed E-state index contributed by atoms with van der Waals surface area (Å²) >= 11 is 6.19. The van der Waals surface area contributed by atoms with Crippen LogP contribution in [-0.4, -0.2) is 11.6 Å². The van der Waals surface area contributed by atoms with Crippen molar-refractivity contribution >= 4 is 11.6 Å². The molecule has 0 amide bonds. The smallest absolute Gasteiger partial charge is 0.138 e. The Morgan fingerprint density at radius 2 is 2.11 bits per heavy atom. The van der Waals surface area contributed by atoms with Crippen molar-refractivity contribution in [3.63, 3.8) is 0 Å². The lowest BCUT2D eigenvalue weighted by molar-refractivity contribution is 0.270. The van der Waals surface area contributed by atoms with Crippen molar-refractivity contribution in [3.05, 3.63) is 41.4 Å². The van der Waals surface area contributed by atoms with Gasteiger partial charge in [0.1, 0.15) is 11.9 Å². The zero-order chi connectivity index (χ0) is 13.8. The summed E-state index contributed by atoms with van der Waals surface area (Å²) in [6.07, 6.45) is 1.70. The van der Waals surface area contributed by atoms with Gasteiger partial charge >= 0.3 is 0 Å². The normalized spacial score (nSPS) is 13.2. The van der Waals surface area contributed by atoms with E-state index in [-0.39, 0.29) is 11.6 Å². The fourth-order valence-corrected chi connectivity index (χ4v) is 1.61. The van der Waals surface area contributed by atoms with Gasteiger partial charge in [-0.2, -0.15) is 0 Å². The van der Waals surface area contributed by atoms with Crippen molar-refractivity contribution in [1.82, 2.24) is 5.32 Å². The van der Waals surface area contributed by atoms with E-state index in [1.165, 1.54) is 0 Å². The Hall–Kier alpha value is -0.990. The van der Waals surface area contributed by atoms with E-state index in [4.69, 9.17) is 16.3 Å². The number of hydrogen-bond donors (Lipinski definition) is 1. The number of benzene rings is 1. The standard InChI is InChI=1S/C15H22ClNO/c1-6-11(2)18-14-8-7-12(9-13(14)16)10-17-15(3,4)5/h6-9,11,17H,1,10H2,2-5H3. The fraction of sp³-hybridized carbons (Fsp3) is 0.467. The number of rotatable bonds is 5. The predicted molar refractivity (Wildman–Crippen MR) is 78.3 cm³/mol. The highest BCUT2D eigenvalue weighted by Crippen LogP contribution is 2.26. The Morgan fingerprint density at radius 3 is 2.61 bits per heavy atom. The number of ether oxygens (including phenoxy) is 1. The van der Waals surface area contributed by atoms with Crippen molar-refractivity contribution in [2.45, 2.75) is 45.9 Å². The summed E-state index contributed by atoms with van der Waals surface area (Å²) in [5.41, 5.74) is 1.24. The Balaban J connectivity index is 2.70. The summed E-state index contributed by atoms with van der Waals surface area (Å²) in [7, 11) is 0. The molecule has 0 aromatic heterocycles. The van der Waals surface area contributed by atoms with E-state index in [2.05, 4.69) is 32.7 Å². The van der Waals surface area contributed by atoms with Crippen molar-refractivity contribution in [3.8, 4) is 5.75 Å². The lowest BCUT2D eigenvalue weighted by Gasteiger charge is -2.21. The topological polar surface area (TPSA) is 21.3 Å². The molecule has 0 bridgehead atoms. The van der Waals surface area contributed by atoms with Gasteiger partial charge in [0.2, 0.25) is 0 Å². The van der Waals surface area contributed by atoms with Gasteiger partial charge in [0, 0.05) is 12.1 Å². The molecule has 1 N–H and O–H groups in total. The maximum absolute atomic E-state index is 6.19. The third kappa shape index (κ3) is 5.11. The Bertz CT molecular complexity index is 409. The van der Waals surface area contributed by atoms with Crippen molar-refractivity contribution in [1.29, 1.82) is 0 Å². The van der Waals surface area contributed by atoms with E-state index in [0.717, 1.165) is 12.1 Å². The summed E-state index contributed by atoms with van der Waals surface area (Å²) in [5.74, 6) is 0.698. The SMILES string of the molecule is C=CC(C)Oc1ccc(CNC(C)(C)C)cc1Cl. The average molecular weight is 268 g/mol. The summed E-state index contributed by atoms with van der Waals surface area (Å²) in [6, 6.07) is 5.86. The molecule has 18 heavy (non-hydrogen) atoms. The van der Waals surface area contributed by atoms with E-state index in [1.54, 1.807) is 6.08 Å². The quantitative estimate of drug-likeness (QED) is 0.808. The van der Waals surface area contributed by atoms with Gasteiger partial charge in [0.05, 0.1) is 5.02 Å². The molecule has 0 radical (unpaired) electrons. The lowest BCUT2D eigenvalue weighted by atomic mass is 10.1. The summed E-state index contributed by atoms with van der Waals surface area (Å²) in [5, 5.41) is 4.06. The summed E-state index contributed by atoms with van der Waals surface area (Å²) in [6.45, 7) is 12.8. The maximum atomic E-state index is 6.19. The molecule has 2 nitrogen and oxygen atoms in total. The Morgan fingerprint density at radius 1 is 1.44 bits per heavy atom. The third-order valence-corrected chi connectivity index (χ3v) is 2.76. The van der Waals surface area contributed by atoms with Crippen molar-refractivity contribution in [2.24, 2.45) is 0 Å². The number of nitrogens with one attached hydrogen (secondary N) is 1. The predicted octanol–water partition coefficient (Wildman–Crippen LogP) is 4.18. The first-order valence-corrected chi connectivity index (χ1v) is 6.52. The first-order valence-electron chi connectivity index (χ1n) is 6.14.